The van der Waals surface area contributed by atoms with Crippen LogP contribution in [0.3, 0.4) is 0 Å². The number of carbonyl (C=O) groups is 1. The Hall–Kier alpha value is -2.35. The van der Waals surface area contributed by atoms with E-state index in [1.165, 1.54) is 13.2 Å². The fraction of sp³-hybridized carbons (Fsp3) is 0.316. The smallest absolute Gasteiger partial charge is 0.220 e. The molecule has 0 aliphatic carbocycles. The molecule has 0 spiro atoms. The minimum Gasteiger partial charge on any atom is -0.493 e. The fourth-order valence-electron chi connectivity index (χ4n) is 2.37. The van der Waals surface area contributed by atoms with Crippen LogP contribution in [0.25, 0.3) is 0 Å². The maximum atomic E-state index is 13.4. The van der Waals surface area contributed by atoms with Gasteiger partial charge in [0.25, 0.3) is 0 Å². The Kier molecular flexibility index (Phi) is 7.84. The second-order valence-corrected chi connectivity index (χ2v) is 6.47. The van der Waals surface area contributed by atoms with Gasteiger partial charge in [-0.2, -0.15) is 0 Å². The first-order chi connectivity index (χ1) is 12.9. The summed E-state index contributed by atoms with van der Waals surface area (Å²) in [5.74, 6) is -0.487. The Morgan fingerprint density at radius 1 is 1.11 bits per heavy atom. The van der Waals surface area contributed by atoms with Gasteiger partial charge in [0, 0.05) is 19.0 Å². The number of benzene rings is 2. The average Bonchev–Trinajstić information content (AvgIpc) is 2.64. The molecule has 0 aliphatic rings. The van der Waals surface area contributed by atoms with E-state index >= 15 is 0 Å². The van der Waals surface area contributed by atoms with Crippen LogP contribution in [-0.4, -0.2) is 26.7 Å². The number of rotatable bonds is 9. The fourth-order valence-corrected chi connectivity index (χ4v) is 3.02. The van der Waals surface area contributed by atoms with Crippen LogP contribution < -0.4 is 19.5 Å². The molecule has 0 heterocycles. The van der Waals surface area contributed by atoms with E-state index in [2.05, 4.69) is 21.2 Å². The van der Waals surface area contributed by atoms with Crippen molar-refractivity contribution in [3.05, 3.63) is 52.0 Å². The molecule has 8 heteroatoms. The van der Waals surface area contributed by atoms with Crippen molar-refractivity contribution >= 4 is 21.8 Å². The Morgan fingerprint density at radius 3 is 2.56 bits per heavy atom. The van der Waals surface area contributed by atoms with Crippen LogP contribution in [0.2, 0.25) is 0 Å². The maximum Gasteiger partial charge on any atom is 0.220 e. The second-order valence-electron chi connectivity index (χ2n) is 5.62. The van der Waals surface area contributed by atoms with Gasteiger partial charge in [-0.3, -0.25) is 4.79 Å². The molecule has 1 N–H and O–H groups in total. The van der Waals surface area contributed by atoms with E-state index in [0.29, 0.717) is 24.5 Å². The molecule has 0 unspecified atom stereocenters. The Morgan fingerprint density at radius 2 is 1.89 bits per heavy atom. The summed E-state index contributed by atoms with van der Waals surface area (Å²) in [6.45, 7) is 0.475. The van der Waals surface area contributed by atoms with E-state index < -0.39 is 11.6 Å². The summed E-state index contributed by atoms with van der Waals surface area (Å²) in [7, 11) is 3.08. The minimum atomic E-state index is -0.765. The van der Waals surface area contributed by atoms with Crippen molar-refractivity contribution in [3.8, 4) is 17.2 Å². The highest BCUT2D eigenvalue weighted by Gasteiger charge is 2.11. The van der Waals surface area contributed by atoms with Crippen LogP contribution in [0, 0.1) is 11.6 Å². The molecule has 0 saturated carbocycles. The van der Waals surface area contributed by atoms with Crippen LogP contribution in [0.15, 0.2) is 34.8 Å². The first kappa shape index (κ1) is 21.0. The summed E-state index contributed by atoms with van der Waals surface area (Å²) >= 11 is 3.40. The molecular weight excluding hydrogens is 424 g/mol. The van der Waals surface area contributed by atoms with E-state index in [1.54, 1.807) is 13.2 Å². The SMILES string of the molecule is COc1cc(CNC(=O)CCCOc2ccc(F)cc2F)cc(Br)c1OC. The Bertz CT molecular complexity index is 802. The monoisotopic (exact) mass is 443 g/mol. The molecule has 0 saturated heterocycles. The third-order valence-corrected chi connectivity index (χ3v) is 4.27. The third kappa shape index (κ3) is 6.09. The lowest BCUT2D eigenvalue weighted by molar-refractivity contribution is -0.121. The van der Waals surface area contributed by atoms with Gasteiger partial charge in [0.15, 0.2) is 23.1 Å². The summed E-state index contributed by atoms with van der Waals surface area (Å²) in [6.07, 6.45) is 0.621. The van der Waals surface area contributed by atoms with E-state index in [4.69, 9.17) is 14.2 Å². The van der Waals surface area contributed by atoms with E-state index in [1.807, 2.05) is 6.07 Å². The molecule has 0 aliphatic heterocycles. The van der Waals surface area contributed by atoms with Gasteiger partial charge in [-0.15, -0.1) is 0 Å². The maximum absolute atomic E-state index is 13.4. The highest BCUT2D eigenvalue weighted by molar-refractivity contribution is 9.10. The van der Waals surface area contributed by atoms with Gasteiger partial charge < -0.3 is 19.5 Å². The number of amides is 1. The quantitative estimate of drug-likeness (QED) is 0.589. The van der Waals surface area contributed by atoms with Crippen LogP contribution in [0.1, 0.15) is 18.4 Å². The summed E-state index contributed by atoms with van der Waals surface area (Å²) in [6, 6.07) is 6.71. The zero-order valence-electron chi connectivity index (χ0n) is 15.0. The predicted octanol–water partition coefficient (Wildman–Crippen LogP) is 4.22. The van der Waals surface area contributed by atoms with Gasteiger partial charge in [-0.1, -0.05) is 0 Å². The van der Waals surface area contributed by atoms with Crippen LogP contribution in [0.4, 0.5) is 8.78 Å². The molecule has 27 heavy (non-hydrogen) atoms. The largest absolute Gasteiger partial charge is 0.493 e. The molecule has 2 aromatic rings. The summed E-state index contributed by atoms with van der Waals surface area (Å²) in [5, 5.41) is 2.80. The topological polar surface area (TPSA) is 56.8 Å². The zero-order valence-corrected chi connectivity index (χ0v) is 16.6. The standard InChI is InChI=1S/C19H20BrF2NO4/c1-25-17-9-12(8-14(20)19(17)26-2)11-23-18(24)4-3-7-27-16-6-5-13(21)10-15(16)22/h5-6,8-10H,3-4,7,11H2,1-2H3,(H,23,24). The van der Waals surface area contributed by atoms with Crippen molar-refractivity contribution in [2.75, 3.05) is 20.8 Å². The number of hydrogen-bond donors (Lipinski definition) is 1. The number of ether oxygens (including phenoxy) is 3. The molecule has 0 radical (unpaired) electrons. The van der Waals surface area contributed by atoms with Gasteiger partial charge >= 0.3 is 0 Å². The molecule has 2 rings (SSSR count). The highest BCUT2D eigenvalue weighted by Crippen LogP contribution is 2.36. The lowest BCUT2D eigenvalue weighted by Crippen LogP contribution is -2.23. The molecular formula is C19H20BrF2NO4. The van der Waals surface area contributed by atoms with Crippen molar-refractivity contribution in [2.45, 2.75) is 19.4 Å². The minimum absolute atomic E-state index is 0.0352. The lowest BCUT2D eigenvalue weighted by atomic mass is 10.2. The van der Waals surface area contributed by atoms with Gasteiger partial charge in [0.1, 0.15) is 5.82 Å². The molecule has 146 valence electrons. The summed E-state index contributed by atoms with van der Waals surface area (Å²) in [5.41, 5.74) is 0.845. The van der Waals surface area contributed by atoms with Crippen molar-refractivity contribution in [1.82, 2.24) is 5.32 Å². The molecule has 0 fully saturated rings. The number of methoxy groups -OCH3 is 2. The second kappa shape index (κ2) is 10.1. The summed E-state index contributed by atoms with van der Waals surface area (Å²) < 4.78 is 42.7. The molecule has 0 bridgehead atoms. The molecule has 5 nitrogen and oxygen atoms in total. The van der Waals surface area contributed by atoms with Crippen molar-refractivity contribution in [3.63, 3.8) is 0 Å². The van der Waals surface area contributed by atoms with Crippen LogP contribution in [0.5, 0.6) is 17.2 Å². The van der Waals surface area contributed by atoms with Gasteiger partial charge in [0.05, 0.1) is 25.3 Å². The van der Waals surface area contributed by atoms with Crippen molar-refractivity contribution in [2.24, 2.45) is 0 Å². The molecule has 0 aromatic heterocycles. The number of hydrogen-bond acceptors (Lipinski definition) is 4. The van der Waals surface area contributed by atoms with Crippen LogP contribution >= 0.6 is 15.9 Å². The molecule has 0 atom stereocenters. The van der Waals surface area contributed by atoms with Gasteiger partial charge in [-0.05, 0) is 52.2 Å². The first-order valence-electron chi connectivity index (χ1n) is 8.19. The van der Waals surface area contributed by atoms with Crippen LogP contribution in [-0.2, 0) is 11.3 Å². The molecule has 1 amide bonds. The Balaban J connectivity index is 1.77. The third-order valence-electron chi connectivity index (χ3n) is 3.68. The lowest BCUT2D eigenvalue weighted by Gasteiger charge is -2.12. The highest BCUT2D eigenvalue weighted by atomic mass is 79.9. The number of carbonyl (C=O) groups excluding carboxylic acids is 1. The Labute approximate surface area is 164 Å². The number of halogens is 3. The first-order valence-corrected chi connectivity index (χ1v) is 8.99. The van der Waals surface area contributed by atoms with Crippen molar-refractivity contribution < 1.29 is 27.8 Å². The molecule has 2 aromatic carbocycles. The normalized spacial score (nSPS) is 10.4. The van der Waals surface area contributed by atoms with E-state index in [9.17, 15) is 13.6 Å². The summed E-state index contributed by atoms with van der Waals surface area (Å²) in [4.78, 5) is 11.9. The number of nitrogens with one attached hydrogen (secondary N) is 1. The van der Waals surface area contributed by atoms with E-state index in [-0.39, 0.29) is 24.7 Å². The van der Waals surface area contributed by atoms with Gasteiger partial charge in [-0.25, -0.2) is 8.78 Å². The van der Waals surface area contributed by atoms with Gasteiger partial charge in [0.2, 0.25) is 5.91 Å². The zero-order chi connectivity index (χ0) is 19.8. The van der Waals surface area contributed by atoms with Crippen molar-refractivity contribution in [1.29, 1.82) is 0 Å². The predicted molar refractivity (Wildman–Crippen MR) is 100 cm³/mol. The average molecular weight is 444 g/mol. The van der Waals surface area contributed by atoms with E-state index in [0.717, 1.165) is 22.2 Å².